The van der Waals surface area contributed by atoms with Crippen molar-refractivity contribution in [1.82, 2.24) is 14.1 Å². The minimum atomic E-state index is -3.48. The second kappa shape index (κ2) is 6.00. The average molecular weight is 289 g/mol. The van der Waals surface area contributed by atoms with Crippen molar-refractivity contribution in [3.63, 3.8) is 0 Å². The van der Waals surface area contributed by atoms with E-state index in [1.54, 1.807) is 7.11 Å². The lowest BCUT2D eigenvalue weighted by Crippen LogP contribution is -2.29. The molecule has 1 aliphatic heterocycles. The lowest BCUT2D eigenvalue weighted by molar-refractivity contribution is 0.115. The van der Waals surface area contributed by atoms with E-state index >= 15 is 0 Å². The minimum absolute atomic E-state index is 0.0285. The van der Waals surface area contributed by atoms with Crippen molar-refractivity contribution in [3.05, 3.63) is 12.4 Å². The van der Waals surface area contributed by atoms with Crippen molar-refractivity contribution in [2.75, 3.05) is 26.8 Å². The van der Waals surface area contributed by atoms with Crippen LogP contribution in [0, 0.1) is 0 Å². The van der Waals surface area contributed by atoms with Gasteiger partial charge in [0.2, 0.25) is 10.0 Å². The Morgan fingerprint density at radius 3 is 3.00 bits per heavy atom. The highest BCUT2D eigenvalue weighted by Crippen LogP contribution is 2.21. The summed E-state index contributed by atoms with van der Waals surface area (Å²) in [4.78, 5) is 0.196. The molecule has 1 unspecified atom stereocenters. The molecule has 1 N–H and O–H groups in total. The van der Waals surface area contributed by atoms with E-state index in [2.05, 4.69) is 5.10 Å². The summed E-state index contributed by atoms with van der Waals surface area (Å²) in [6.07, 6.45) is 4.10. The van der Waals surface area contributed by atoms with Crippen molar-refractivity contribution in [2.45, 2.75) is 30.4 Å². The SMILES string of the molecule is COC1CCN(S(=O)(=O)c2cnn(CCCO)c2)C1. The zero-order valence-electron chi connectivity index (χ0n) is 10.9. The number of hydrogen-bond acceptors (Lipinski definition) is 5. The molecule has 8 heteroatoms. The lowest BCUT2D eigenvalue weighted by atomic mass is 10.3. The second-order valence-corrected chi connectivity index (χ2v) is 6.46. The Bertz CT molecular complexity index is 514. The maximum Gasteiger partial charge on any atom is 0.246 e. The van der Waals surface area contributed by atoms with E-state index in [1.165, 1.54) is 21.4 Å². The smallest absolute Gasteiger partial charge is 0.246 e. The number of hydrogen-bond donors (Lipinski definition) is 1. The van der Waals surface area contributed by atoms with Gasteiger partial charge in [0, 0.05) is 39.5 Å². The highest BCUT2D eigenvalue weighted by Gasteiger charge is 2.33. The molecule has 0 radical (unpaired) electrons. The van der Waals surface area contributed by atoms with Crippen LogP contribution < -0.4 is 0 Å². The number of aliphatic hydroxyl groups is 1. The van der Waals surface area contributed by atoms with Crippen LogP contribution in [-0.4, -0.2) is 60.5 Å². The third-order valence-corrected chi connectivity index (χ3v) is 5.05. The molecule has 0 aliphatic carbocycles. The Morgan fingerprint density at radius 2 is 2.37 bits per heavy atom. The number of rotatable bonds is 6. The quantitative estimate of drug-likeness (QED) is 0.775. The van der Waals surface area contributed by atoms with Crippen LogP contribution in [0.25, 0.3) is 0 Å². The van der Waals surface area contributed by atoms with Gasteiger partial charge in [0.05, 0.1) is 12.3 Å². The maximum absolute atomic E-state index is 12.4. The third-order valence-electron chi connectivity index (χ3n) is 3.23. The van der Waals surface area contributed by atoms with Gasteiger partial charge in [-0.05, 0) is 12.8 Å². The van der Waals surface area contributed by atoms with Crippen molar-refractivity contribution in [1.29, 1.82) is 0 Å². The Labute approximate surface area is 112 Å². The van der Waals surface area contributed by atoms with Crippen LogP contribution in [-0.2, 0) is 21.3 Å². The van der Waals surface area contributed by atoms with Crippen LogP contribution in [0.1, 0.15) is 12.8 Å². The topological polar surface area (TPSA) is 84.7 Å². The van der Waals surface area contributed by atoms with Crippen molar-refractivity contribution in [3.8, 4) is 0 Å². The maximum atomic E-state index is 12.4. The fourth-order valence-electron chi connectivity index (χ4n) is 2.09. The van der Waals surface area contributed by atoms with Gasteiger partial charge in [-0.2, -0.15) is 9.40 Å². The van der Waals surface area contributed by atoms with Crippen LogP contribution in [0.2, 0.25) is 0 Å². The van der Waals surface area contributed by atoms with Crippen LogP contribution in [0.15, 0.2) is 17.3 Å². The van der Waals surface area contributed by atoms with Gasteiger partial charge in [0.15, 0.2) is 0 Å². The van der Waals surface area contributed by atoms with Gasteiger partial charge < -0.3 is 9.84 Å². The van der Waals surface area contributed by atoms with Gasteiger partial charge >= 0.3 is 0 Å². The first-order chi connectivity index (χ1) is 9.07. The molecule has 1 aliphatic rings. The summed E-state index contributed by atoms with van der Waals surface area (Å²) in [5, 5.41) is 12.7. The number of methoxy groups -OCH3 is 1. The monoisotopic (exact) mass is 289 g/mol. The first-order valence-corrected chi connectivity index (χ1v) is 7.68. The molecule has 0 amide bonds. The van der Waals surface area contributed by atoms with Crippen molar-refractivity contribution >= 4 is 10.0 Å². The lowest BCUT2D eigenvalue weighted by Gasteiger charge is -2.14. The zero-order chi connectivity index (χ0) is 13.9. The minimum Gasteiger partial charge on any atom is -0.396 e. The first kappa shape index (κ1) is 14.4. The van der Waals surface area contributed by atoms with Crippen molar-refractivity contribution in [2.24, 2.45) is 0 Å². The highest BCUT2D eigenvalue weighted by molar-refractivity contribution is 7.89. The zero-order valence-corrected chi connectivity index (χ0v) is 11.7. The Morgan fingerprint density at radius 1 is 1.58 bits per heavy atom. The van der Waals surface area contributed by atoms with Crippen LogP contribution in [0.3, 0.4) is 0 Å². The van der Waals surface area contributed by atoms with E-state index in [4.69, 9.17) is 9.84 Å². The Hall–Kier alpha value is -0.960. The predicted octanol–water partition coefficient (Wildman–Crippen LogP) is -0.325. The standard InChI is InChI=1S/C11H19N3O4S/c1-18-10-3-5-14(8-10)19(16,17)11-7-12-13(9-11)4-2-6-15/h7,9-10,15H,2-6,8H2,1H3. The molecule has 1 aromatic heterocycles. The molecule has 7 nitrogen and oxygen atoms in total. The van der Waals surface area contributed by atoms with Crippen molar-refractivity contribution < 1.29 is 18.3 Å². The van der Waals surface area contributed by atoms with E-state index in [0.717, 1.165) is 0 Å². The van der Waals surface area contributed by atoms with Gasteiger partial charge in [-0.15, -0.1) is 0 Å². The first-order valence-electron chi connectivity index (χ1n) is 6.24. The highest BCUT2D eigenvalue weighted by atomic mass is 32.2. The second-order valence-electron chi connectivity index (χ2n) is 4.53. The molecule has 1 saturated heterocycles. The summed E-state index contributed by atoms with van der Waals surface area (Å²) in [5.41, 5.74) is 0. The molecule has 1 atom stereocenters. The molecule has 1 fully saturated rings. The Kier molecular flexibility index (Phi) is 4.56. The summed E-state index contributed by atoms with van der Waals surface area (Å²) < 4.78 is 32.8. The molecule has 0 aromatic carbocycles. The third kappa shape index (κ3) is 3.14. The molecule has 19 heavy (non-hydrogen) atoms. The van der Waals surface area contributed by atoms with E-state index in [-0.39, 0.29) is 17.6 Å². The van der Waals surface area contributed by atoms with Crippen LogP contribution in [0.4, 0.5) is 0 Å². The molecule has 2 heterocycles. The number of sulfonamides is 1. The normalized spacial score (nSPS) is 21.1. The molecule has 0 saturated carbocycles. The fraction of sp³-hybridized carbons (Fsp3) is 0.727. The Balaban J connectivity index is 2.09. The number of nitrogens with zero attached hydrogens (tertiary/aromatic N) is 3. The van der Waals surface area contributed by atoms with Gasteiger partial charge in [0.25, 0.3) is 0 Å². The van der Waals surface area contributed by atoms with Gasteiger partial charge in [0.1, 0.15) is 4.90 Å². The van der Waals surface area contributed by atoms with Crippen LogP contribution in [0.5, 0.6) is 0 Å². The molecule has 1 aromatic rings. The summed E-state index contributed by atoms with van der Waals surface area (Å²) in [6, 6.07) is 0. The number of aromatic nitrogens is 2. The molecular weight excluding hydrogens is 270 g/mol. The van der Waals surface area contributed by atoms with Gasteiger partial charge in [-0.25, -0.2) is 8.42 Å². The number of ether oxygens (including phenoxy) is 1. The molecule has 108 valence electrons. The average Bonchev–Trinajstić information content (AvgIpc) is 3.05. The molecule has 2 rings (SSSR count). The summed E-state index contributed by atoms with van der Waals surface area (Å²) in [6.45, 7) is 1.43. The summed E-state index contributed by atoms with van der Waals surface area (Å²) in [5.74, 6) is 0. The molecular formula is C11H19N3O4S. The largest absolute Gasteiger partial charge is 0.396 e. The number of aryl methyl sites for hydroxylation is 1. The van der Waals surface area contributed by atoms with Crippen LogP contribution >= 0.6 is 0 Å². The van der Waals surface area contributed by atoms with E-state index in [1.807, 2.05) is 0 Å². The van der Waals surface area contributed by atoms with E-state index < -0.39 is 10.0 Å². The van der Waals surface area contributed by atoms with Gasteiger partial charge in [-0.3, -0.25) is 4.68 Å². The fourth-order valence-corrected chi connectivity index (χ4v) is 3.53. The van der Waals surface area contributed by atoms with E-state index in [9.17, 15) is 8.42 Å². The van der Waals surface area contributed by atoms with E-state index in [0.29, 0.717) is 32.5 Å². The van der Waals surface area contributed by atoms with Gasteiger partial charge in [-0.1, -0.05) is 0 Å². The predicted molar refractivity (Wildman–Crippen MR) is 68.1 cm³/mol. The number of aliphatic hydroxyl groups excluding tert-OH is 1. The molecule has 0 spiro atoms. The summed E-state index contributed by atoms with van der Waals surface area (Å²) in [7, 11) is -1.89. The molecule has 0 bridgehead atoms. The summed E-state index contributed by atoms with van der Waals surface area (Å²) >= 11 is 0.